The molecule has 1 fully saturated rings. The molecule has 0 aliphatic carbocycles. The molecule has 3 aromatic rings. The molecule has 0 unspecified atom stereocenters. The molecule has 1 N–H and O–H groups in total. The Morgan fingerprint density at radius 1 is 1.16 bits per heavy atom. The second-order valence-electron chi connectivity index (χ2n) is 6.09. The van der Waals surface area contributed by atoms with Crippen LogP contribution >= 0.6 is 0 Å². The van der Waals surface area contributed by atoms with E-state index in [9.17, 15) is 8.42 Å². The molecule has 0 spiro atoms. The first-order valence-electron chi connectivity index (χ1n) is 8.12. The lowest BCUT2D eigenvalue weighted by Crippen LogP contribution is -2.38. The first-order chi connectivity index (χ1) is 12.1. The Bertz CT molecular complexity index is 928. The minimum absolute atomic E-state index is 0.228. The molecule has 0 radical (unpaired) electrons. The van der Waals surface area contributed by atoms with Crippen molar-refractivity contribution in [2.24, 2.45) is 0 Å². The first-order valence-corrected chi connectivity index (χ1v) is 9.56. The fourth-order valence-electron chi connectivity index (χ4n) is 3.20. The van der Waals surface area contributed by atoms with Crippen molar-refractivity contribution in [3.05, 3.63) is 55.0 Å². The number of aromatic amines is 1. The summed E-state index contributed by atoms with van der Waals surface area (Å²) in [5.74, 6) is 1.06. The average molecular weight is 358 g/mol. The van der Waals surface area contributed by atoms with Gasteiger partial charge in [-0.05, 0) is 36.6 Å². The molecule has 1 aliphatic rings. The normalized spacial score (nSPS) is 17.0. The highest BCUT2D eigenvalue weighted by Crippen LogP contribution is 2.30. The predicted octanol–water partition coefficient (Wildman–Crippen LogP) is 2.63. The van der Waals surface area contributed by atoms with E-state index >= 15 is 0 Å². The molecule has 0 amide bonds. The number of benzene rings is 1. The molecule has 0 saturated carbocycles. The number of nitrogens with one attached hydrogen (secondary N) is 1. The van der Waals surface area contributed by atoms with Crippen molar-refractivity contribution in [1.82, 2.24) is 19.5 Å². The van der Waals surface area contributed by atoms with Crippen LogP contribution in [-0.4, -0.2) is 41.0 Å². The van der Waals surface area contributed by atoms with Crippen molar-refractivity contribution >= 4 is 10.0 Å². The van der Waals surface area contributed by atoms with Gasteiger partial charge in [0.05, 0.1) is 17.4 Å². The summed E-state index contributed by atoms with van der Waals surface area (Å²) in [6.07, 6.45) is 6.13. The smallest absolute Gasteiger partial charge is 0.243 e. The van der Waals surface area contributed by atoms with Crippen molar-refractivity contribution in [1.29, 1.82) is 0 Å². The third-order valence-electron chi connectivity index (χ3n) is 4.60. The molecule has 1 aliphatic heterocycles. The molecular formula is C17H18N4O3S. The molecule has 130 valence electrons. The number of furan rings is 1. The Balaban J connectivity index is 1.53. The van der Waals surface area contributed by atoms with Crippen LogP contribution in [0.1, 0.15) is 24.6 Å². The SMILES string of the molecule is O=S(=O)(c1cccc(-c2ccoc2)c1)N1CCC(c2ncn[nH]2)CC1. The molecule has 7 nitrogen and oxygen atoms in total. The van der Waals surface area contributed by atoms with Crippen LogP contribution in [0.4, 0.5) is 0 Å². The minimum atomic E-state index is -3.51. The lowest BCUT2D eigenvalue weighted by Gasteiger charge is -2.30. The van der Waals surface area contributed by atoms with E-state index in [1.54, 1.807) is 35.0 Å². The Hall–Kier alpha value is -2.45. The van der Waals surface area contributed by atoms with Gasteiger partial charge in [-0.2, -0.15) is 9.40 Å². The second-order valence-corrected chi connectivity index (χ2v) is 8.03. The molecular weight excluding hydrogens is 340 g/mol. The topological polar surface area (TPSA) is 92.1 Å². The highest BCUT2D eigenvalue weighted by Gasteiger charge is 2.31. The Kier molecular flexibility index (Phi) is 4.14. The van der Waals surface area contributed by atoms with Crippen LogP contribution in [0.25, 0.3) is 11.1 Å². The summed E-state index contributed by atoms with van der Waals surface area (Å²) >= 11 is 0. The lowest BCUT2D eigenvalue weighted by atomic mass is 9.98. The maximum absolute atomic E-state index is 13.0. The van der Waals surface area contributed by atoms with Crippen molar-refractivity contribution in [2.75, 3.05) is 13.1 Å². The van der Waals surface area contributed by atoms with Crippen molar-refractivity contribution in [2.45, 2.75) is 23.7 Å². The minimum Gasteiger partial charge on any atom is -0.472 e. The number of nitrogens with zero attached hydrogens (tertiary/aromatic N) is 3. The van der Waals surface area contributed by atoms with Gasteiger partial charge in [-0.1, -0.05) is 12.1 Å². The van der Waals surface area contributed by atoms with Gasteiger partial charge < -0.3 is 4.42 Å². The summed E-state index contributed by atoms with van der Waals surface area (Å²) in [6.45, 7) is 0.952. The highest BCUT2D eigenvalue weighted by atomic mass is 32.2. The number of hydrogen-bond donors (Lipinski definition) is 1. The monoisotopic (exact) mass is 358 g/mol. The quantitative estimate of drug-likeness (QED) is 0.774. The van der Waals surface area contributed by atoms with E-state index in [0.29, 0.717) is 18.0 Å². The maximum Gasteiger partial charge on any atom is 0.243 e. The Morgan fingerprint density at radius 3 is 2.68 bits per heavy atom. The summed E-state index contributed by atoms with van der Waals surface area (Å²) in [6, 6.07) is 8.79. The van der Waals surface area contributed by atoms with E-state index in [4.69, 9.17) is 4.42 Å². The van der Waals surface area contributed by atoms with E-state index in [0.717, 1.165) is 29.8 Å². The summed E-state index contributed by atoms with van der Waals surface area (Å²) in [7, 11) is -3.51. The number of hydrogen-bond acceptors (Lipinski definition) is 5. The fourth-order valence-corrected chi connectivity index (χ4v) is 4.71. The molecule has 2 aromatic heterocycles. The molecule has 1 aromatic carbocycles. The van der Waals surface area contributed by atoms with Crippen LogP contribution in [0.3, 0.4) is 0 Å². The van der Waals surface area contributed by atoms with Gasteiger partial charge in [0.15, 0.2) is 0 Å². The van der Waals surface area contributed by atoms with Crippen LogP contribution < -0.4 is 0 Å². The van der Waals surface area contributed by atoms with Gasteiger partial charge in [0.25, 0.3) is 0 Å². The molecule has 0 atom stereocenters. The van der Waals surface area contributed by atoms with Gasteiger partial charge in [-0.15, -0.1) is 0 Å². The maximum atomic E-state index is 13.0. The molecule has 1 saturated heterocycles. The fraction of sp³-hybridized carbons (Fsp3) is 0.294. The zero-order valence-electron chi connectivity index (χ0n) is 13.5. The van der Waals surface area contributed by atoms with E-state index in [2.05, 4.69) is 15.2 Å². The average Bonchev–Trinajstić information content (AvgIpc) is 3.36. The Labute approximate surface area is 145 Å². The lowest BCUT2D eigenvalue weighted by molar-refractivity contribution is 0.314. The van der Waals surface area contributed by atoms with Gasteiger partial charge >= 0.3 is 0 Å². The third-order valence-corrected chi connectivity index (χ3v) is 6.50. The second kappa shape index (κ2) is 6.45. The third kappa shape index (κ3) is 3.10. The van der Waals surface area contributed by atoms with Gasteiger partial charge in [0.2, 0.25) is 10.0 Å². The van der Waals surface area contributed by atoms with Crippen molar-refractivity contribution in [3.63, 3.8) is 0 Å². The zero-order chi connectivity index (χ0) is 17.3. The Morgan fingerprint density at radius 2 is 2.00 bits per heavy atom. The van der Waals surface area contributed by atoms with Crippen LogP contribution in [0.5, 0.6) is 0 Å². The summed E-state index contributed by atoms with van der Waals surface area (Å²) in [5.41, 5.74) is 1.69. The van der Waals surface area contributed by atoms with E-state index in [1.807, 2.05) is 12.1 Å². The van der Waals surface area contributed by atoms with Crippen LogP contribution in [0, 0.1) is 0 Å². The summed E-state index contributed by atoms with van der Waals surface area (Å²) in [5, 5.41) is 6.75. The van der Waals surface area contributed by atoms with Gasteiger partial charge in [-0.25, -0.2) is 13.4 Å². The molecule has 0 bridgehead atoms. The standard InChI is InChI=1S/C17H18N4O3S/c22-25(23,16-3-1-2-14(10-16)15-6-9-24-11-15)21-7-4-13(5-8-21)17-18-12-19-20-17/h1-3,6,9-13H,4-5,7-8H2,(H,18,19,20). The number of sulfonamides is 1. The molecule has 8 heteroatoms. The zero-order valence-corrected chi connectivity index (χ0v) is 14.3. The van der Waals surface area contributed by atoms with Gasteiger partial charge in [0, 0.05) is 24.6 Å². The summed E-state index contributed by atoms with van der Waals surface area (Å²) in [4.78, 5) is 4.49. The van der Waals surface area contributed by atoms with Crippen molar-refractivity contribution in [3.8, 4) is 11.1 Å². The van der Waals surface area contributed by atoms with Gasteiger partial charge in [-0.3, -0.25) is 5.10 Å². The van der Waals surface area contributed by atoms with Crippen LogP contribution in [-0.2, 0) is 10.0 Å². The van der Waals surface area contributed by atoms with E-state index in [1.165, 1.54) is 6.33 Å². The molecule has 3 heterocycles. The van der Waals surface area contributed by atoms with Crippen LogP contribution in [0.15, 0.2) is 58.5 Å². The molecule has 25 heavy (non-hydrogen) atoms. The number of piperidine rings is 1. The van der Waals surface area contributed by atoms with Crippen LogP contribution in [0.2, 0.25) is 0 Å². The number of H-pyrrole nitrogens is 1. The largest absolute Gasteiger partial charge is 0.472 e. The van der Waals surface area contributed by atoms with Crippen molar-refractivity contribution < 1.29 is 12.8 Å². The molecule has 4 rings (SSSR count). The van der Waals surface area contributed by atoms with E-state index < -0.39 is 10.0 Å². The predicted molar refractivity (Wildman–Crippen MR) is 91.3 cm³/mol. The first kappa shape index (κ1) is 16.0. The van der Waals surface area contributed by atoms with Gasteiger partial charge in [0.1, 0.15) is 12.2 Å². The summed E-state index contributed by atoms with van der Waals surface area (Å²) < 4.78 is 32.6. The number of rotatable bonds is 4. The number of aromatic nitrogens is 3. The highest BCUT2D eigenvalue weighted by molar-refractivity contribution is 7.89. The van der Waals surface area contributed by atoms with E-state index in [-0.39, 0.29) is 5.92 Å².